The number of nitrogens with one attached hydrogen (secondary N) is 1. The smallest absolute Gasteiger partial charge is 0.249 e. The molecule has 0 aromatic heterocycles. The first-order valence-corrected chi connectivity index (χ1v) is 30.1. The van der Waals surface area contributed by atoms with Gasteiger partial charge in [0, 0.05) is 0 Å². The van der Waals surface area contributed by atoms with Crippen molar-refractivity contribution in [2.75, 3.05) is 6.61 Å². The third kappa shape index (κ3) is 48.1. The maximum absolute atomic E-state index is 12.6. The highest BCUT2D eigenvalue weighted by molar-refractivity contribution is 5.80. The van der Waals surface area contributed by atoms with Crippen molar-refractivity contribution < 1.29 is 25.2 Å². The Kier molecular flexibility index (Phi) is 54.2. The third-order valence-corrected chi connectivity index (χ3v) is 14.5. The summed E-state index contributed by atoms with van der Waals surface area (Å²) in [5.74, 6) is -0.586. The van der Waals surface area contributed by atoms with Crippen molar-refractivity contribution in [1.29, 1.82) is 0 Å². The van der Waals surface area contributed by atoms with Crippen LogP contribution in [-0.2, 0) is 4.79 Å². The molecule has 4 unspecified atom stereocenters. The molecule has 6 heteroatoms. The van der Waals surface area contributed by atoms with Crippen LogP contribution in [0.4, 0.5) is 0 Å². The fourth-order valence-electron chi connectivity index (χ4n) is 9.76. The van der Waals surface area contributed by atoms with Gasteiger partial charge in [-0.2, -0.15) is 0 Å². The summed E-state index contributed by atoms with van der Waals surface area (Å²) in [6.07, 6.45) is 65.8. The van der Waals surface area contributed by atoms with Crippen LogP contribution in [0.3, 0.4) is 0 Å². The molecule has 0 aliphatic rings. The minimum absolute atomic E-state index is 0.369. The van der Waals surface area contributed by atoms with E-state index in [9.17, 15) is 25.2 Å². The number of aliphatic hydroxyl groups excluding tert-OH is 4. The zero-order valence-electron chi connectivity index (χ0n) is 44.7. The molecule has 0 heterocycles. The largest absolute Gasteiger partial charge is 0.394 e. The fourth-order valence-corrected chi connectivity index (χ4v) is 9.76. The van der Waals surface area contributed by atoms with Crippen molar-refractivity contribution >= 4 is 5.91 Å². The molecule has 0 fully saturated rings. The highest BCUT2D eigenvalue weighted by Crippen LogP contribution is 2.19. The maximum atomic E-state index is 12.6. The first-order valence-electron chi connectivity index (χ1n) is 30.1. The third-order valence-electron chi connectivity index (χ3n) is 14.5. The fraction of sp³-hybridized carbons (Fsp3) is 0.950. The average molecular weight is 935 g/mol. The molecule has 0 rings (SSSR count). The highest BCUT2D eigenvalue weighted by Gasteiger charge is 2.28. The standard InChI is InChI=1S/C60H119NO5/c1-3-5-7-9-11-13-15-17-19-21-23-25-27-29-31-33-35-37-39-41-43-45-47-49-51-53-57(63)59(65)56(55-62)61-60(66)58(64)54-52-50-48-46-44-42-40-38-36-34-32-30-28-26-24-22-20-18-16-14-12-10-8-6-4-2/h45,47,56-59,62-65H,3-44,46,48-55H2,1-2H3,(H,61,66)/b47-45+. The van der Waals surface area contributed by atoms with Crippen LogP contribution < -0.4 is 5.32 Å². The van der Waals surface area contributed by atoms with Crippen molar-refractivity contribution in [3.63, 3.8) is 0 Å². The molecule has 66 heavy (non-hydrogen) atoms. The molecule has 5 N–H and O–H groups in total. The minimum Gasteiger partial charge on any atom is -0.394 e. The second-order valence-electron chi connectivity index (χ2n) is 21.1. The SMILES string of the molecule is CCCCCCCCCCCCCCCCCCCCCC/C=C/CCCC(O)C(O)C(CO)NC(=O)C(O)CCCCCCCCCCCCCCCCCCCCCCCCCCC. The van der Waals surface area contributed by atoms with E-state index in [1.165, 1.54) is 270 Å². The van der Waals surface area contributed by atoms with Gasteiger partial charge in [0.05, 0.1) is 18.8 Å². The summed E-state index contributed by atoms with van der Waals surface area (Å²) in [7, 11) is 0. The summed E-state index contributed by atoms with van der Waals surface area (Å²) < 4.78 is 0. The Bertz CT molecular complexity index is 959. The van der Waals surface area contributed by atoms with Crippen LogP contribution in [0.25, 0.3) is 0 Å². The Morgan fingerprint density at radius 3 is 0.909 bits per heavy atom. The predicted octanol–water partition coefficient (Wildman–Crippen LogP) is 17.6. The Hall–Kier alpha value is -0.950. The topological polar surface area (TPSA) is 110 Å². The molecule has 0 aromatic rings. The van der Waals surface area contributed by atoms with Gasteiger partial charge < -0.3 is 25.7 Å². The summed E-state index contributed by atoms with van der Waals surface area (Å²) in [6, 6.07) is -0.999. The number of hydrogen-bond donors (Lipinski definition) is 5. The van der Waals surface area contributed by atoms with Crippen molar-refractivity contribution in [1.82, 2.24) is 5.32 Å². The van der Waals surface area contributed by atoms with E-state index in [-0.39, 0.29) is 0 Å². The molecule has 6 nitrogen and oxygen atoms in total. The molecule has 0 saturated carbocycles. The van der Waals surface area contributed by atoms with E-state index >= 15 is 0 Å². The number of hydrogen-bond acceptors (Lipinski definition) is 5. The lowest BCUT2D eigenvalue weighted by Crippen LogP contribution is -2.53. The van der Waals surface area contributed by atoms with Crippen LogP contribution in [0.1, 0.15) is 335 Å². The van der Waals surface area contributed by atoms with Gasteiger partial charge in [-0.15, -0.1) is 0 Å². The van der Waals surface area contributed by atoms with Gasteiger partial charge in [-0.3, -0.25) is 4.79 Å². The van der Waals surface area contributed by atoms with Crippen LogP contribution in [0.15, 0.2) is 12.2 Å². The number of carbonyl (C=O) groups excluding carboxylic acids is 1. The van der Waals surface area contributed by atoms with Gasteiger partial charge in [0.2, 0.25) is 5.91 Å². The quantitative estimate of drug-likeness (QED) is 0.0308. The molecule has 0 spiro atoms. The molecular formula is C60H119NO5. The highest BCUT2D eigenvalue weighted by atomic mass is 16.3. The summed E-state index contributed by atoms with van der Waals surface area (Å²) >= 11 is 0. The molecule has 0 aliphatic heterocycles. The van der Waals surface area contributed by atoms with Gasteiger partial charge >= 0.3 is 0 Å². The van der Waals surface area contributed by atoms with E-state index in [1.807, 2.05) is 0 Å². The summed E-state index contributed by atoms with van der Waals surface area (Å²) in [4.78, 5) is 12.6. The van der Waals surface area contributed by atoms with Gasteiger partial charge in [0.15, 0.2) is 0 Å². The van der Waals surface area contributed by atoms with Gasteiger partial charge in [-0.05, 0) is 38.5 Å². The number of unbranched alkanes of at least 4 members (excludes halogenated alkanes) is 45. The number of amides is 1. The first kappa shape index (κ1) is 65.0. The number of allylic oxidation sites excluding steroid dienone is 2. The molecular weight excluding hydrogens is 815 g/mol. The molecule has 0 saturated heterocycles. The second kappa shape index (κ2) is 55.0. The normalized spacial score (nSPS) is 13.7. The minimum atomic E-state index is -1.28. The van der Waals surface area contributed by atoms with E-state index in [0.717, 1.165) is 38.5 Å². The molecule has 394 valence electrons. The molecule has 0 radical (unpaired) electrons. The lowest BCUT2D eigenvalue weighted by molar-refractivity contribution is -0.132. The van der Waals surface area contributed by atoms with Gasteiger partial charge in [0.1, 0.15) is 12.2 Å². The second-order valence-corrected chi connectivity index (χ2v) is 21.1. The monoisotopic (exact) mass is 934 g/mol. The summed E-state index contributed by atoms with van der Waals surface area (Å²) in [6.45, 7) is 4.09. The van der Waals surface area contributed by atoms with Gasteiger partial charge in [-0.25, -0.2) is 0 Å². The maximum Gasteiger partial charge on any atom is 0.249 e. The number of rotatable bonds is 56. The molecule has 4 atom stereocenters. The Balaban J connectivity index is 3.60. The Labute approximate surface area is 412 Å². The van der Waals surface area contributed by atoms with E-state index in [0.29, 0.717) is 12.8 Å². The van der Waals surface area contributed by atoms with E-state index < -0.39 is 36.9 Å². The zero-order chi connectivity index (χ0) is 48.1. The van der Waals surface area contributed by atoms with Crippen LogP contribution >= 0.6 is 0 Å². The Morgan fingerprint density at radius 2 is 0.621 bits per heavy atom. The summed E-state index contributed by atoms with van der Waals surface area (Å²) in [5, 5.41) is 44.0. The lowest BCUT2D eigenvalue weighted by Gasteiger charge is -2.27. The predicted molar refractivity (Wildman–Crippen MR) is 288 cm³/mol. The van der Waals surface area contributed by atoms with Crippen molar-refractivity contribution in [3.8, 4) is 0 Å². The van der Waals surface area contributed by atoms with Gasteiger partial charge in [-0.1, -0.05) is 309 Å². The van der Waals surface area contributed by atoms with Crippen LogP contribution in [0.2, 0.25) is 0 Å². The van der Waals surface area contributed by atoms with Crippen molar-refractivity contribution in [2.24, 2.45) is 0 Å². The zero-order valence-corrected chi connectivity index (χ0v) is 44.7. The molecule has 0 bridgehead atoms. The number of carbonyl (C=O) groups is 1. The lowest BCUT2D eigenvalue weighted by atomic mass is 10.00. The molecule has 1 amide bonds. The van der Waals surface area contributed by atoms with Crippen LogP contribution in [0.5, 0.6) is 0 Å². The van der Waals surface area contributed by atoms with Crippen molar-refractivity contribution in [3.05, 3.63) is 12.2 Å². The van der Waals surface area contributed by atoms with Gasteiger partial charge in [0.25, 0.3) is 0 Å². The van der Waals surface area contributed by atoms with E-state index in [1.54, 1.807) is 0 Å². The summed E-state index contributed by atoms with van der Waals surface area (Å²) in [5.41, 5.74) is 0. The van der Waals surface area contributed by atoms with Crippen molar-refractivity contribution in [2.45, 2.75) is 359 Å². The van der Waals surface area contributed by atoms with E-state index in [2.05, 4.69) is 31.3 Å². The molecule has 0 aromatic carbocycles. The molecule has 0 aliphatic carbocycles. The first-order chi connectivity index (χ1) is 32.5. The number of aliphatic hydroxyl groups is 4. The van der Waals surface area contributed by atoms with E-state index in [4.69, 9.17) is 0 Å². The van der Waals surface area contributed by atoms with Crippen LogP contribution in [-0.4, -0.2) is 57.3 Å². The van der Waals surface area contributed by atoms with Crippen LogP contribution in [0, 0.1) is 0 Å². The Morgan fingerprint density at radius 1 is 0.364 bits per heavy atom. The average Bonchev–Trinajstić information content (AvgIpc) is 3.32.